The van der Waals surface area contributed by atoms with Gasteiger partial charge < -0.3 is 10.4 Å². The summed E-state index contributed by atoms with van der Waals surface area (Å²) in [5.41, 5.74) is 1.25. The monoisotopic (exact) mass is 279 g/mol. The average molecular weight is 279 g/mol. The van der Waals surface area contributed by atoms with E-state index in [-0.39, 0.29) is 6.61 Å². The Morgan fingerprint density at radius 2 is 2.05 bits per heavy atom. The van der Waals surface area contributed by atoms with Gasteiger partial charge in [-0.1, -0.05) is 20.8 Å². The van der Waals surface area contributed by atoms with Gasteiger partial charge in [0, 0.05) is 31.9 Å². The quantitative estimate of drug-likeness (QED) is 0.691. The van der Waals surface area contributed by atoms with Gasteiger partial charge in [-0.2, -0.15) is 0 Å². The third-order valence-electron chi connectivity index (χ3n) is 3.61. The molecule has 20 heavy (non-hydrogen) atoms. The van der Waals surface area contributed by atoms with E-state index in [1.807, 2.05) is 6.20 Å². The van der Waals surface area contributed by atoms with Crippen LogP contribution in [0.4, 0.5) is 5.82 Å². The van der Waals surface area contributed by atoms with Crippen molar-refractivity contribution < 1.29 is 5.11 Å². The Morgan fingerprint density at radius 1 is 1.30 bits per heavy atom. The highest BCUT2D eigenvalue weighted by atomic mass is 16.3. The Morgan fingerprint density at radius 3 is 2.65 bits per heavy atom. The number of rotatable bonds is 10. The van der Waals surface area contributed by atoms with E-state index >= 15 is 0 Å². The largest absolute Gasteiger partial charge is 0.395 e. The minimum Gasteiger partial charge on any atom is -0.395 e. The van der Waals surface area contributed by atoms with Crippen molar-refractivity contribution in [2.45, 2.75) is 52.6 Å². The number of aromatic nitrogens is 1. The summed E-state index contributed by atoms with van der Waals surface area (Å²) in [6, 6.07) is 4.70. The predicted octanol–water partition coefficient (Wildman–Crippen LogP) is 2.89. The number of aliphatic hydroxyl groups is 1. The molecule has 0 unspecified atom stereocenters. The van der Waals surface area contributed by atoms with E-state index in [4.69, 9.17) is 0 Å². The van der Waals surface area contributed by atoms with Gasteiger partial charge in [-0.05, 0) is 37.0 Å². The molecule has 0 amide bonds. The Balaban J connectivity index is 2.71. The second kappa shape index (κ2) is 9.72. The summed E-state index contributed by atoms with van der Waals surface area (Å²) in [5.74, 6) is 0.942. The number of nitrogens with one attached hydrogen (secondary N) is 1. The van der Waals surface area contributed by atoms with E-state index in [2.05, 4.69) is 48.1 Å². The van der Waals surface area contributed by atoms with Crippen LogP contribution in [-0.4, -0.2) is 40.7 Å². The molecule has 0 aliphatic carbocycles. The van der Waals surface area contributed by atoms with Crippen LogP contribution in [0.1, 0.15) is 45.6 Å². The standard InChI is InChI=1S/C16H29N3O/c1-4-8-17-16-12-14(7-9-18-16)13-19(10-11-20)15(5-2)6-3/h7,9,12,15,20H,4-6,8,10-11,13H2,1-3H3,(H,17,18). The maximum Gasteiger partial charge on any atom is 0.126 e. The van der Waals surface area contributed by atoms with Crippen molar-refractivity contribution >= 4 is 5.82 Å². The maximum atomic E-state index is 9.26. The van der Waals surface area contributed by atoms with Gasteiger partial charge in [0.25, 0.3) is 0 Å². The fourth-order valence-corrected chi connectivity index (χ4v) is 2.48. The highest BCUT2D eigenvalue weighted by molar-refractivity contribution is 5.37. The second-order valence-electron chi connectivity index (χ2n) is 5.14. The molecule has 0 saturated heterocycles. The summed E-state index contributed by atoms with van der Waals surface area (Å²) in [5, 5.41) is 12.6. The van der Waals surface area contributed by atoms with E-state index in [9.17, 15) is 5.11 Å². The number of hydrogen-bond acceptors (Lipinski definition) is 4. The zero-order valence-corrected chi connectivity index (χ0v) is 13.1. The van der Waals surface area contributed by atoms with E-state index in [0.717, 1.165) is 44.7 Å². The number of hydrogen-bond donors (Lipinski definition) is 2. The SMILES string of the molecule is CCCNc1cc(CN(CCO)C(CC)CC)ccn1. The molecule has 0 aromatic carbocycles. The highest BCUT2D eigenvalue weighted by Gasteiger charge is 2.15. The second-order valence-corrected chi connectivity index (χ2v) is 5.14. The van der Waals surface area contributed by atoms with Crippen molar-refractivity contribution in [1.29, 1.82) is 0 Å². The van der Waals surface area contributed by atoms with Gasteiger partial charge in [-0.3, -0.25) is 4.90 Å². The molecule has 0 atom stereocenters. The lowest BCUT2D eigenvalue weighted by Gasteiger charge is -2.29. The molecule has 1 aromatic rings. The van der Waals surface area contributed by atoms with Gasteiger partial charge in [0.2, 0.25) is 0 Å². The smallest absolute Gasteiger partial charge is 0.126 e. The fourth-order valence-electron chi connectivity index (χ4n) is 2.48. The predicted molar refractivity (Wildman–Crippen MR) is 84.9 cm³/mol. The van der Waals surface area contributed by atoms with Crippen LogP contribution >= 0.6 is 0 Å². The van der Waals surface area contributed by atoms with Crippen LogP contribution in [0, 0.1) is 0 Å². The number of aliphatic hydroxyl groups excluding tert-OH is 1. The third-order valence-corrected chi connectivity index (χ3v) is 3.61. The van der Waals surface area contributed by atoms with E-state index in [0.29, 0.717) is 6.04 Å². The molecule has 0 saturated carbocycles. The van der Waals surface area contributed by atoms with Crippen molar-refractivity contribution in [3.63, 3.8) is 0 Å². The Kier molecular flexibility index (Phi) is 8.23. The molecule has 1 rings (SSSR count). The minimum atomic E-state index is 0.211. The van der Waals surface area contributed by atoms with Gasteiger partial charge in [-0.25, -0.2) is 4.98 Å². The molecule has 2 N–H and O–H groups in total. The van der Waals surface area contributed by atoms with Crippen molar-refractivity contribution in [3.8, 4) is 0 Å². The molecule has 4 heteroatoms. The van der Waals surface area contributed by atoms with Gasteiger partial charge >= 0.3 is 0 Å². The van der Waals surface area contributed by atoms with Gasteiger partial charge in [0.1, 0.15) is 5.82 Å². The molecule has 0 fully saturated rings. The van der Waals surface area contributed by atoms with E-state index < -0.39 is 0 Å². The van der Waals surface area contributed by atoms with E-state index in [1.54, 1.807) is 0 Å². The molecule has 4 nitrogen and oxygen atoms in total. The molecule has 1 heterocycles. The molecular weight excluding hydrogens is 250 g/mol. The van der Waals surface area contributed by atoms with Crippen LogP contribution in [0.25, 0.3) is 0 Å². The third kappa shape index (κ3) is 5.47. The van der Waals surface area contributed by atoms with Crippen LogP contribution < -0.4 is 5.32 Å². The normalized spacial score (nSPS) is 11.3. The lowest BCUT2D eigenvalue weighted by atomic mass is 10.1. The van der Waals surface area contributed by atoms with Crippen LogP contribution in [0.15, 0.2) is 18.3 Å². The van der Waals surface area contributed by atoms with Crippen molar-refractivity contribution in [2.75, 3.05) is 25.0 Å². The number of nitrogens with zero attached hydrogens (tertiary/aromatic N) is 2. The lowest BCUT2D eigenvalue weighted by molar-refractivity contribution is 0.136. The zero-order chi connectivity index (χ0) is 14.8. The molecule has 0 bridgehead atoms. The number of anilines is 1. The molecule has 1 aromatic heterocycles. The summed E-state index contributed by atoms with van der Waals surface area (Å²) < 4.78 is 0. The van der Waals surface area contributed by atoms with Crippen molar-refractivity contribution in [2.24, 2.45) is 0 Å². The Labute approximate surface area is 123 Å². The van der Waals surface area contributed by atoms with E-state index in [1.165, 1.54) is 5.56 Å². The van der Waals surface area contributed by atoms with Crippen molar-refractivity contribution in [3.05, 3.63) is 23.9 Å². The Bertz CT molecular complexity index is 366. The summed E-state index contributed by atoms with van der Waals surface area (Å²) >= 11 is 0. The van der Waals surface area contributed by atoms with Gasteiger partial charge in [0.05, 0.1) is 6.61 Å². The first kappa shape index (κ1) is 16.9. The molecule has 114 valence electrons. The lowest BCUT2D eigenvalue weighted by Crippen LogP contribution is -2.36. The molecule has 0 aliphatic rings. The van der Waals surface area contributed by atoms with Gasteiger partial charge in [-0.15, -0.1) is 0 Å². The summed E-state index contributed by atoms with van der Waals surface area (Å²) in [6.45, 7) is 9.32. The first-order valence-electron chi connectivity index (χ1n) is 7.78. The molecular formula is C16H29N3O. The zero-order valence-electron chi connectivity index (χ0n) is 13.1. The first-order chi connectivity index (χ1) is 9.74. The van der Waals surface area contributed by atoms with Crippen molar-refractivity contribution in [1.82, 2.24) is 9.88 Å². The van der Waals surface area contributed by atoms with Crippen LogP contribution in [0.5, 0.6) is 0 Å². The summed E-state index contributed by atoms with van der Waals surface area (Å²) in [7, 11) is 0. The molecule has 0 aliphatic heterocycles. The number of pyridine rings is 1. The summed E-state index contributed by atoms with van der Waals surface area (Å²) in [6.07, 6.45) is 5.18. The van der Waals surface area contributed by atoms with Gasteiger partial charge in [0.15, 0.2) is 0 Å². The fraction of sp³-hybridized carbons (Fsp3) is 0.688. The molecule has 0 radical (unpaired) electrons. The average Bonchev–Trinajstić information content (AvgIpc) is 2.47. The van der Waals surface area contributed by atoms with Crippen LogP contribution in [-0.2, 0) is 6.54 Å². The highest BCUT2D eigenvalue weighted by Crippen LogP contribution is 2.15. The molecule has 0 spiro atoms. The summed E-state index contributed by atoms with van der Waals surface area (Å²) in [4.78, 5) is 6.70. The van der Waals surface area contributed by atoms with Crippen LogP contribution in [0.2, 0.25) is 0 Å². The minimum absolute atomic E-state index is 0.211. The first-order valence-corrected chi connectivity index (χ1v) is 7.78. The maximum absolute atomic E-state index is 9.26. The Hall–Kier alpha value is -1.13. The van der Waals surface area contributed by atoms with Crippen LogP contribution in [0.3, 0.4) is 0 Å². The topological polar surface area (TPSA) is 48.4 Å².